The summed E-state index contributed by atoms with van der Waals surface area (Å²) in [6, 6.07) is -0.523. The van der Waals surface area contributed by atoms with Gasteiger partial charge in [-0.2, -0.15) is 0 Å². The number of hydrogen-bond acceptors (Lipinski definition) is 3. The van der Waals surface area contributed by atoms with Crippen LogP contribution in [0.4, 0.5) is 0 Å². The van der Waals surface area contributed by atoms with Crippen LogP contribution < -0.4 is 5.32 Å². The summed E-state index contributed by atoms with van der Waals surface area (Å²) in [4.78, 5) is 23.0. The van der Waals surface area contributed by atoms with Gasteiger partial charge in [0.05, 0.1) is 6.61 Å². The molecule has 0 unspecified atom stereocenters. The lowest BCUT2D eigenvalue weighted by Gasteiger charge is -2.25. The van der Waals surface area contributed by atoms with E-state index in [2.05, 4.69) is 5.32 Å². The third kappa shape index (κ3) is 3.83. The fourth-order valence-corrected chi connectivity index (χ4v) is 1.50. The molecule has 1 aliphatic rings. The second kappa shape index (κ2) is 6.51. The average molecular weight is 227 g/mol. The monoisotopic (exact) mass is 227 g/mol. The molecule has 1 atom stereocenters. The van der Waals surface area contributed by atoms with Gasteiger partial charge in [-0.05, 0) is 26.2 Å². The first kappa shape index (κ1) is 13.0. The molecular weight excluding hydrogens is 206 g/mol. The Bertz CT molecular complexity index is 249. The maximum atomic E-state index is 11.6. The highest BCUT2D eigenvalue weighted by Gasteiger charge is 2.27. The minimum Gasteiger partial charge on any atom is -0.464 e. The molecule has 92 valence electrons. The van der Waals surface area contributed by atoms with E-state index in [-0.39, 0.29) is 17.8 Å². The molecule has 1 fully saturated rings. The van der Waals surface area contributed by atoms with Crippen molar-refractivity contribution in [2.24, 2.45) is 5.92 Å². The van der Waals surface area contributed by atoms with Crippen molar-refractivity contribution >= 4 is 11.9 Å². The van der Waals surface area contributed by atoms with Gasteiger partial charge in [0.25, 0.3) is 0 Å². The van der Waals surface area contributed by atoms with E-state index < -0.39 is 6.04 Å². The van der Waals surface area contributed by atoms with Crippen LogP contribution in [0.5, 0.6) is 0 Å². The second-order valence-electron chi connectivity index (χ2n) is 4.38. The van der Waals surface area contributed by atoms with Crippen molar-refractivity contribution in [2.45, 2.75) is 52.0 Å². The van der Waals surface area contributed by atoms with E-state index in [1.54, 1.807) is 6.92 Å². The number of carbonyl (C=O) groups excluding carboxylic acids is 2. The standard InChI is InChI=1S/C12H21NO3/c1-3-4-8-16-12(15)9(2)13-11(14)10-6-5-7-10/h9-10H,3-8H2,1-2H3,(H,13,14)/t9-/m0/s1. The molecule has 0 aromatic heterocycles. The van der Waals surface area contributed by atoms with E-state index in [1.165, 1.54) is 0 Å². The maximum Gasteiger partial charge on any atom is 0.328 e. The summed E-state index contributed by atoms with van der Waals surface area (Å²) < 4.78 is 5.02. The van der Waals surface area contributed by atoms with E-state index in [0.717, 1.165) is 32.1 Å². The molecule has 1 N–H and O–H groups in total. The van der Waals surface area contributed by atoms with Gasteiger partial charge >= 0.3 is 5.97 Å². The first-order valence-electron chi connectivity index (χ1n) is 6.12. The summed E-state index contributed by atoms with van der Waals surface area (Å²) in [6.45, 7) is 4.15. The van der Waals surface area contributed by atoms with Crippen LogP contribution in [-0.2, 0) is 14.3 Å². The molecule has 0 aromatic carbocycles. The van der Waals surface area contributed by atoms with Crippen LogP contribution in [0.3, 0.4) is 0 Å². The van der Waals surface area contributed by atoms with Crippen LogP contribution >= 0.6 is 0 Å². The Labute approximate surface area is 96.7 Å². The van der Waals surface area contributed by atoms with Gasteiger partial charge in [0, 0.05) is 5.92 Å². The van der Waals surface area contributed by atoms with E-state index in [1.807, 2.05) is 6.92 Å². The van der Waals surface area contributed by atoms with Crippen LogP contribution in [-0.4, -0.2) is 24.5 Å². The Kier molecular flexibility index (Phi) is 5.29. The summed E-state index contributed by atoms with van der Waals surface area (Å²) >= 11 is 0. The molecule has 16 heavy (non-hydrogen) atoms. The molecule has 0 bridgehead atoms. The number of esters is 1. The molecule has 0 heterocycles. The highest BCUT2D eigenvalue weighted by molar-refractivity contribution is 5.85. The number of hydrogen-bond donors (Lipinski definition) is 1. The predicted octanol–water partition coefficient (Wildman–Crippen LogP) is 1.63. The Hall–Kier alpha value is -1.06. The van der Waals surface area contributed by atoms with E-state index >= 15 is 0 Å². The van der Waals surface area contributed by atoms with Crippen molar-refractivity contribution in [1.82, 2.24) is 5.32 Å². The zero-order valence-corrected chi connectivity index (χ0v) is 10.1. The van der Waals surface area contributed by atoms with Gasteiger partial charge in [0.2, 0.25) is 5.91 Å². The number of nitrogens with one attached hydrogen (secondary N) is 1. The fraction of sp³-hybridized carbons (Fsp3) is 0.833. The highest BCUT2D eigenvalue weighted by Crippen LogP contribution is 2.26. The Balaban J connectivity index is 2.19. The predicted molar refractivity (Wildman–Crippen MR) is 60.8 cm³/mol. The molecule has 1 saturated carbocycles. The van der Waals surface area contributed by atoms with Crippen molar-refractivity contribution in [1.29, 1.82) is 0 Å². The van der Waals surface area contributed by atoms with E-state index in [4.69, 9.17) is 4.74 Å². The SMILES string of the molecule is CCCCOC(=O)[C@H](C)NC(=O)C1CCC1. The first-order valence-corrected chi connectivity index (χ1v) is 6.12. The largest absolute Gasteiger partial charge is 0.464 e. The van der Waals surface area contributed by atoms with Crippen LogP contribution in [0.25, 0.3) is 0 Å². The summed E-state index contributed by atoms with van der Waals surface area (Å²) in [7, 11) is 0. The lowest BCUT2D eigenvalue weighted by molar-refractivity contribution is -0.148. The lowest BCUT2D eigenvalue weighted by atomic mass is 9.84. The Morgan fingerprint density at radius 3 is 2.62 bits per heavy atom. The van der Waals surface area contributed by atoms with Crippen molar-refractivity contribution < 1.29 is 14.3 Å². The van der Waals surface area contributed by atoms with Crippen LogP contribution in [0.1, 0.15) is 46.0 Å². The molecule has 1 rings (SSSR count). The number of carbonyl (C=O) groups is 2. The van der Waals surface area contributed by atoms with Crippen molar-refractivity contribution in [3.63, 3.8) is 0 Å². The summed E-state index contributed by atoms with van der Waals surface area (Å²) in [5, 5.41) is 2.70. The summed E-state index contributed by atoms with van der Waals surface area (Å²) in [5.74, 6) is -0.224. The molecular formula is C12H21NO3. The van der Waals surface area contributed by atoms with Gasteiger partial charge in [-0.25, -0.2) is 4.79 Å². The fourth-order valence-electron chi connectivity index (χ4n) is 1.50. The summed E-state index contributed by atoms with van der Waals surface area (Å²) in [6.07, 6.45) is 4.88. The van der Waals surface area contributed by atoms with Gasteiger partial charge < -0.3 is 10.1 Å². The van der Waals surface area contributed by atoms with E-state index in [9.17, 15) is 9.59 Å². The normalized spacial score (nSPS) is 17.4. The quantitative estimate of drug-likeness (QED) is 0.554. The van der Waals surface area contributed by atoms with E-state index in [0.29, 0.717) is 6.61 Å². The van der Waals surface area contributed by atoms with Crippen molar-refractivity contribution in [3.05, 3.63) is 0 Å². The van der Waals surface area contributed by atoms with Crippen LogP contribution in [0.15, 0.2) is 0 Å². The van der Waals surface area contributed by atoms with Crippen molar-refractivity contribution in [2.75, 3.05) is 6.61 Å². The Morgan fingerprint density at radius 2 is 2.12 bits per heavy atom. The smallest absolute Gasteiger partial charge is 0.328 e. The number of ether oxygens (including phenoxy) is 1. The molecule has 0 spiro atoms. The minimum atomic E-state index is -0.523. The van der Waals surface area contributed by atoms with Gasteiger partial charge in [-0.1, -0.05) is 19.8 Å². The van der Waals surface area contributed by atoms with Crippen molar-refractivity contribution in [3.8, 4) is 0 Å². The van der Waals surface area contributed by atoms with Gasteiger partial charge in [0.1, 0.15) is 6.04 Å². The number of amides is 1. The second-order valence-corrected chi connectivity index (χ2v) is 4.38. The zero-order valence-electron chi connectivity index (χ0n) is 10.1. The molecule has 1 aliphatic carbocycles. The van der Waals surface area contributed by atoms with Crippen LogP contribution in [0, 0.1) is 5.92 Å². The van der Waals surface area contributed by atoms with Gasteiger partial charge in [-0.15, -0.1) is 0 Å². The molecule has 4 nitrogen and oxygen atoms in total. The molecule has 0 aromatic rings. The third-order valence-corrected chi connectivity index (χ3v) is 2.93. The minimum absolute atomic E-state index is 0.00816. The maximum absolute atomic E-state index is 11.6. The molecule has 0 aliphatic heterocycles. The zero-order chi connectivity index (χ0) is 12.0. The first-order chi connectivity index (χ1) is 7.65. The number of unbranched alkanes of at least 4 members (excludes halogenated alkanes) is 1. The highest BCUT2D eigenvalue weighted by atomic mass is 16.5. The number of rotatable bonds is 6. The molecule has 4 heteroatoms. The summed E-state index contributed by atoms with van der Waals surface area (Å²) in [5.41, 5.74) is 0. The molecule has 0 saturated heterocycles. The Morgan fingerprint density at radius 1 is 1.44 bits per heavy atom. The van der Waals surface area contributed by atoms with Gasteiger partial charge in [-0.3, -0.25) is 4.79 Å². The average Bonchev–Trinajstić information content (AvgIpc) is 2.14. The van der Waals surface area contributed by atoms with Crippen LogP contribution in [0.2, 0.25) is 0 Å². The topological polar surface area (TPSA) is 55.4 Å². The lowest BCUT2D eigenvalue weighted by Crippen LogP contribution is -2.44. The molecule has 0 radical (unpaired) electrons. The third-order valence-electron chi connectivity index (χ3n) is 2.93. The molecule has 1 amide bonds. The van der Waals surface area contributed by atoms with Gasteiger partial charge in [0.15, 0.2) is 0 Å².